The second-order valence-electron chi connectivity index (χ2n) is 4.62. The van der Waals surface area contributed by atoms with Crippen molar-refractivity contribution in [2.75, 3.05) is 6.54 Å². The van der Waals surface area contributed by atoms with Crippen LogP contribution in [-0.4, -0.2) is 20.5 Å². The molecule has 0 heterocycles. The molecule has 3 N–H and O–H groups in total. The van der Waals surface area contributed by atoms with E-state index in [0.29, 0.717) is 0 Å². The van der Waals surface area contributed by atoms with Crippen LogP contribution in [0, 0.1) is 5.82 Å². The van der Waals surface area contributed by atoms with Crippen LogP contribution in [0.25, 0.3) is 0 Å². The average Bonchev–Trinajstić information content (AvgIpc) is 2.23. The van der Waals surface area contributed by atoms with E-state index in [1.165, 1.54) is 6.07 Å². The highest BCUT2D eigenvalue weighted by molar-refractivity contribution is 9.10. The van der Waals surface area contributed by atoms with Crippen molar-refractivity contribution < 1.29 is 12.8 Å². The van der Waals surface area contributed by atoms with Crippen molar-refractivity contribution in [3.05, 3.63) is 28.5 Å². The van der Waals surface area contributed by atoms with E-state index >= 15 is 0 Å². The number of rotatable bonds is 4. The van der Waals surface area contributed by atoms with E-state index in [1.807, 2.05) is 0 Å². The summed E-state index contributed by atoms with van der Waals surface area (Å²) in [4.78, 5) is 0.0202. The lowest BCUT2D eigenvalue weighted by atomic mass is 9.78. The Kier molecular flexibility index (Phi) is 3.77. The first-order chi connectivity index (χ1) is 8.32. The Labute approximate surface area is 114 Å². The molecule has 1 aromatic carbocycles. The molecular weight excluding hydrogens is 323 g/mol. The Balaban J connectivity index is 2.15. The van der Waals surface area contributed by atoms with Gasteiger partial charge >= 0.3 is 0 Å². The van der Waals surface area contributed by atoms with Gasteiger partial charge in [0.25, 0.3) is 0 Å². The highest BCUT2D eigenvalue weighted by atomic mass is 79.9. The minimum absolute atomic E-state index is 0.0202. The predicted octanol–water partition coefficient (Wildman–Crippen LogP) is 1.75. The van der Waals surface area contributed by atoms with Crippen LogP contribution in [0.1, 0.15) is 19.3 Å². The molecule has 0 spiro atoms. The summed E-state index contributed by atoms with van der Waals surface area (Å²) in [7, 11) is -3.66. The number of nitrogens with two attached hydrogens (primary N) is 1. The summed E-state index contributed by atoms with van der Waals surface area (Å²) in [5.41, 5.74) is 5.52. The van der Waals surface area contributed by atoms with E-state index in [2.05, 4.69) is 20.7 Å². The van der Waals surface area contributed by atoms with Crippen molar-refractivity contribution in [3.63, 3.8) is 0 Å². The fourth-order valence-electron chi connectivity index (χ4n) is 1.82. The summed E-state index contributed by atoms with van der Waals surface area (Å²) < 4.78 is 39.6. The molecule has 0 aromatic heterocycles. The largest absolute Gasteiger partial charge is 0.324 e. The van der Waals surface area contributed by atoms with E-state index in [1.54, 1.807) is 0 Å². The second kappa shape index (κ2) is 4.88. The quantitative estimate of drug-likeness (QED) is 0.879. The SMILES string of the molecule is NC1(CNS(=O)(=O)c2ccc(F)cc2Br)CCC1. The summed E-state index contributed by atoms with van der Waals surface area (Å²) >= 11 is 3.04. The first-order valence-electron chi connectivity index (χ1n) is 5.56. The summed E-state index contributed by atoms with van der Waals surface area (Å²) in [6, 6.07) is 3.46. The summed E-state index contributed by atoms with van der Waals surface area (Å²) in [6.45, 7) is 0.207. The lowest BCUT2D eigenvalue weighted by Gasteiger charge is -2.38. The van der Waals surface area contributed by atoms with Gasteiger partial charge in [-0.15, -0.1) is 0 Å². The zero-order chi connectivity index (χ0) is 13.4. The molecule has 7 heteroatoms. The third kappa shape index (κ3) is 2.90. The third-order valence-electron chi connectivity index (χ3n) is 3.15. The van der Waals surface area contributed by atoms with E-state index in [4.69, 9.17) is 5.73 Å². The molecule has 0 radical (unpaired) electrons. The number of hydrogen-bond donors (Lipinski definition) is 2. The Morgan fingerprint density at radius 2 is 2.11 bits per heavy atom. The van der Waals surface area contributed by atoms with Crippen LogP contribution < -0.4 is 10.5 Å². The number of halogens is 2. The van der Waals surface area contributed by atoms with Crippen molar-refractivity contribution in [1.82, 2.24) is 4.72 Å². The lowest BCUT2D eigenvalue weighted by Crippen LogP contribution is -2.54. The molecule has 0 amide bonds. The number of hydrogen-bond acceptors (Lipinski definition) is 3. The summed E-state index contributed by atoms with van der Waals surface area (Å²) in [5, 5.41) is 0. The van der Waals surface area contributed by atoms with Gasteiger partial charge in [-0.2, -0.15) is 0 Å². The van der Waals surface area contributed by atoms with Crippen LogP contribution in [0.15, 0.2) is 27.6 Å². The maximum absolute atomic E-state index is 12.9. The molecule has 100 valence electrons. The molecule has 0 unspecified atom stereocenters. The van der Waals surface area contributed by atoms with Crippen molar-refractivity contribution in [3.8, 4) is 0 Å². The molecule has 1 fully saturated rings. The molecule has 0 saturated heterocycles. The molecule has 18 heavy (non-hydrogen) atoms. The number of sulfonamides is 1. The maximum Gasteiger partial charge on any atom is 0.241 e. The van der Waals surface area contributed by atoms with Gasteiger partial charge in [-0.25, -0.2) is 17.5 Å². The number of benzene rings is 1. The fourth-order valence-corrected chi connectivity index (χ4v) is 4.00. The van der Waals surface area contributed by atoms with Crippen LogP contribution in [0.4, 0.5) is 4.39 Å². The van der Waals surface area contributed by atoms with Gasteiger partial charge in [0.1, 0.15) is 5.82 Å². The monoisotopic (exact) mass is 336 g/mol. The van der Waals surface area contributed by atoms with Crippen molar-refractivity contribution in [2.24, 2.45) is 5.73 Å². The first kappa shape index (κ1) is 13.9. The Morgan fingerprint density at radius 1 is 1.44 bits per heavy atom. The van der Waals surface area contributed by atoms with Gasteiger partial charge in [-0.1, -0.05) is 0 Å². The van der Waals surface area contributed by atoms with E-state index in [9.17, 15) is 12.8 Å². The predicted molar refractivity (Wildman–Crippen MR) is 70.1 cm³/mol. The van der Waals surface area contributed by atoms with Crippen LogP contribution >= 0.6 is 15.9 Å². The normalized spacial score (nSPS) is 18.4. The minimum Gasteiger partial charge on any atom is -0.324 e. The molecular formula is C11H14BrFN2O2S. The van der Waals surface area contributed by atoms with Gasteiger partial charge in [-0.05, 0) is 53.4 Å². The Morgan fingerprint density at radius 3 is 2.61 bits per heavy atom. The van der Waals surface area contributed by atoms with Crippen LogP contribution in [0.5, 0.6) is 0 Å². The fraction of sp³-hybridized carbons (Fsp3) is 0.455. The zero-order valence-corrected chi connectivity index (χ0v) is 12.0. The average molecular weight is 337 g/mol. The van der Waals surface area contributed by atoms with Crippen molar-refractivity contribution in [2.45, 2.75) is 29.7 Å². The molecule has 2 rings (SSSR count). The van der Waals surface area contributed by atoms with E-state index < -0.39 is 21.4 Å². The van der Waals surface area contributed by atoms with Gasteiger partial charge in [0.2, 0.25) is 10.0 Å². The van der Waals surface area contributed by atoms with Crippen molar-refractivity contribution in [1.29, 1.82) is 0 Å². The first-order valence-corrected chi connectivity index (χ1v) is 7.84. The van der Waals surface area contributed by atoms with Gasteiger partial charge in [0, 0.05) is 16.6 Å². The topological polar surface area (TPSA) is 72.2 Å². The number of nitrogens with one attached hydrogen (secondary N) is 1. The van der Waals surface area contributed by atoms with Crippen LogP contribution in [0.2, 0.25) is 0 Å². The zero-order valence-electron chi connectivity index (χ0n) is 9.62. The Bertz CT molecular complexity index is 558. The molecule has 0 atom stereocenters. The van der Waals surface area contributed by atoms with Crippen LogP contribution in [0.3, 0.4) is 0 Å². The minimum atomic E-state index is -3.66. The molecule has 0 aliphatic heterocycles. The highest BCUT2D eigenvalue weighted by Gasteiger charge is 2.34. The van der Waals surface area contributed by atoms with Crippen molar-refractivity contribution >= 4 is 26.0 Å². The van der Waals surface area contributed by atoms with E-state index in [0.717, 1.165) is 31.4 Å². The molecule has 1 saturated carbocycles. The maximum atomic E-state index is 12.9. The second-order valence-corrected chi connectivity index (χ2v) is 7.20. The lowest BCUT2D eigenvalue weighted by molar-refractivity contribution is 0.251. The van der Waals surface area contributed by atoms with Gasteiger partial charge in [0.05, 0.1) is 4.90 Å². The van der Waals surface area contributed by atoms with Crippen LogP contribution in [-0.2, 0) is 10.0 Å². The highest BCUT2D eigenvalue weighted by Crippen LogP contribution is 2.29. The molecule has 1 aliphatic carbocycles. The van der Waals surface area contributed by atoms with E-state index in [-0.39, 0.29) is 15.9 Å². The molecule has 1 aliphatic rings. The molecule has 0 bridgehead atoms. The summed E-state index contributed by atoms with van der Waals surface area (Å²) in [5.74, 6) is -0.491. The van der Waals surface area contributed by atoms with Gasteiger partial charge < -0.3 is 5.73 Å². The van der Waals surface area contributed by atoms with Gasteiger partial charge in [-0.3, -0.25) is 0 Å². The summed E-state index contributed by atoms with van der Waals surface area (Å²) in [6.07, 6.45) is 2.67. The smallest absolute Gasteiger partial charge is 0.241 e. The standard InChI is InChI=1S/C11H14BrFN2O2S/c12-9-6-8(13)2-3-10(9)18(16,17)15-7-11(14)4-1-5-11/h2-3,6,15H,1,4-5,7,14H2. The third-order valence-corrected chi connectivity index (χ3v) is 5.52. The Hall–Kier alpha value is -0.500. The molecule has 4 nitrogen and oxygen atoms in total. The molecule has 1 aromatic rings. The van der Waals surface area contributed by atoms with Gasteiger partial charge in [0.15, 0.2) is 0 Å².